The molecule has 1 aromatic carbocycles. The van der Waals surface area contributed by atoms with Crippen molar-refractivity contribution in [2.75, 3.05) is 5.32 Å². The molecule has 1 heterocycles. The summed E-state index contributed by atoms with van der Waals surface area (Å²) in [6.45, 7) is 3.81. The lowest BCUT2D eigenvalue weighted by Gasteiger charge is -2.05. The van der Waals surface area contributed by atoms with E-state index in [9.17, 15) is 4.79 Å². The number of aromatic nitrogens is 2. The number of nitrogens with zero attached hydrogens (tertiary/aromatic N) is 1. The van der Waals surface area contributed by atoms with Crippen LogP contribution in [0, 0.1) is 13.8 Å². The third-order valence-electron chi connectivity index (χ3n) is 2.73. The van der Waals surface area contributed by atoms with Crippen molar-refractivity contribution in [3.8, 4) is 0 Å². The first kappa shape index (κ1) is 12.8. The summed E-state index contributed by atoms with van der Waals surface area (Å²) < 4.78 is 0.941. The van der Waals surface area contributed by atoms with E-state index < -0.39 is 0 Å². The molecule has 2 aromatic rings. The summed E-state index contributed by atoms with van der Waals surface area (Å²) in [5.41, 5.74) is 3.56. The fourth-order valence-electron chi connectivity index (χ4n) is 1.77. The Morgan fingerprint density at radius 2 is 2.22 bits per heavy atom. The normalized spacial score (nSPS) is 10.4. The zero-order valence-electron chi connectivity index (χ0n) is 10.2. The minimum atomic E-state index is -0.0410. The Morgan fingerprint density at radius 1 is 1.44 bits per heavy atom. The van der Waals surface area contributed by atoms with Gasteiger partial charge in [0.1, 0.15) is 0 Å². The molecule has 1 aromatic heterocycles. The topological polar surface area (TPSA) is 57.8 Å². The molecule has 0 saturated carbocycles. The summed E-state index contributed by atoms with van der Waals surface area (Å²) in [5, 5.41) is 9.82. The Morgan fingerprint density at radius 3 is 2.83 bits per heavy atom. The molecule has 1 amide bonds. The molecule has 5 heteroatoms. The molecule has 0 spiro atoms. The van der Waals surface area contributed by atoms with Gasteiger partial charge in [0.2, 0.25) is 5.91 Å². The first-order valence-corrected chi connectivity index (χ1v) is 6.41. The molecule has 4 nitrogen and oxygen atoms in total. The lowest BCUT2D eigenvalue weighted by molar-refractivity contribution is -0.115. The van der Waals surface area contributed by atoms with Gasteiger partial charge in [-0.2, -0.15) is 5.10 Å². The number of nitrogens with one attached hydrogen (secondary N) is 2. The molecule has 2 N–H and O–H groups in total. The largest absolute Gasteiger partial charge is 0.326 e. The number of halogens is 1. The molecule has 0 unspecified atom stereocenters. The number of amides is 1. The van der Waals surface area contributed by atoms with Crippen LogP contribution in [0.25, 0.3) is 0 Å². The minimum Gasteiger partial charge on any atom is -0.326 e. The highest BCUT2D eigenvalue weighted by Crippen LogP contribution is 2.16. The van der Waals surface area contributed by atoms with Crippen LogP contribution >= 0.6 is 15.9 Å². The first-order valence-electron chi connectivity index (χ1n) is 5.62. The van der Waals surface area contributed by atoms with E-state index in [0.29, 0.717) is 6.42 Å². The van der Waals surface area contributed by atoms with E-state index in [0.717, 1.165) is 27.1 Å². The lowest BCUT2D eigenvalue weighted by Crippen LogP contribution is -2.15. The smallest absolute Gasteiger partial charge is 0.228 e. The molecule has 0 aliphatic heterocycles. The predicted molar refractivity (Wildman–Crippen MR) is 74.5 cm³/mol. The van der Waals surface area contributed by atoms with Gasteiger partial charge in [-0.25, -0.2) is 0 Å². The van der Waals surface area contributed by atoms with Crippen LogP contribution in [0.3, 0.4) is 0 Å². The highest BCUT2D eigenvalue weighted by Gasteiger charge is 2.11. The van der Waals surface area contributed by atoms with E-state index in [-0.39, 0.29) is 5.91 Å². The van der Waals surface area contributed by atoms with Gasteiger partial charge in [0.25, 0.3) is 0 Å². The number of carbonyl (C=O) groups is 1. The molecule has 2 rings (SSSR count). The standard InChI is InChI=1S/C13H14BrN3O/c1-8-12(9(2)17-16-8)7-13(18)15-11-5-3-4-10(14)6-11/h3-6H,7H2,1-2H3,(H,15,18)(H,16,17). The van der Waals surface area contributed by atoms with Gasteiger partial charge in [0.05, 0.1) is 12.1 Å². The Hall–Kier alpha value is -1.62. The highest BCUT2D eigenvalue weighted by atomic mass is 79.9. The summed E-state index contributed by atoms with van der Waals surface area (Å²) in [5.74, 6) is -0.0410. The second-order valence-corrected chi connectivity index (χ2v) is 5.06. The van der Waals surface area contributed by atoms with Gasteiger partial charge >= 0.3 is 0 Å². The van der Waals surface area contributed by atoms with Gasteiger partial charge in [0.15, 0.2) is 0 Å². The zero-order chi connectivity index (χ0) is 13.1. The van der Waals surface area contributed by atoms with Crippen LogP contribution in [0.4, 0.5) is 5.69 Å². The van der Waals surface area contributed by atoms with E-state index in [4.69, 9.17) is 0 Å². The quantitative estimate of drug-likeness (QED) is 0.916. The number of hydrogen-bond acceptors (Lipinski definition) is 2. The van der Waals surface area contributed by atoms with Gasteiger partial charge in [-0.15, -0.1) is 0 Å². The average molecular weight is 308 g/mol. The Bertz CT molecular complexity index is 558. The summed E-state index contributed by atoms with van der Waals surface area (Å²) in [7, 11) is 0. The van der Waals surface area contributed by atoms with Crippen molar-refractivity contribution in [3.63, 3.8) is 0 Å². The summed E-state index contributed by atoms with van der Waals surface area (Å²) in [4.78, 5) is 11.9. The lowest BCUT2D eigenvalue weighted by atomic mass is 10.1. The molecule has 0 aliphatic rings. The minimum absolute atomic E-state index is 0.0410. The van der Waals surface area contributed by atoms with E-state index in [2.05, 4.69) is 31.4 Å². The van der Waals surface area contributed by atoms with Crippen molar-refractivity contribution in [3.05, 3.63) is 45.7 Å². The molecule has 0 saturated heterocycles. The molecular weight excluding hydrogens is 294 g/mol. The second kappa shape index (κ2) is 5.35. The molecular formula is C13H14BrN3O. The summed E-state index contributed by atoms with van der Waals surface area (Å²) in [6, 6.07) is 7.53. The number of benzene rings is 1. The molecule has 94 valence electrons. The fourth-order valence-corrected chi connectivity index (χ4v) is 2.17. The number of anilines is 1. The number of aromatic amines is 1. The third kappa shape index (κ3) is 2.98. The summed E-state index contributed by atoms with van der Waals surface area (Å²) >= 11 is 3.37. The maximum absolute atomic E-state index is 11.9. The third-order valence-corrected chi connectivity index (χ3v) is 3.22. The Kier molecular flexibility index (Phi) is 3.81. The SMILES string of the molecule is Cc1n[nH]c(C)c1CC(=O)Nc1cccc(Br)c1. The Balaban J connectivity index is 2.06. The van der Waals surface area contributed by atoms with Gasteiger partial charge in [-0.1, -0.05) is 22.0 Å². The van der Waals surface area contributed by atoms with Crippen LogP contribution in [0.1, 0.15) is 17.0 Å². The second-order valence-electron chi connectivity index (χ2n) is 4.15. The maximum Gasteiger partial charge on any atom is 0.228 e. The van der Waals surface area contributed by atoms with Crippen molar-refractivity contribution in [2.45, 2.75) is 20.3 Å². The molecule has 18 heavy (non-hydrogen) atoms. The van der Waals surface area contributed by atoms with Crippen molar-refractivity contribution in [1.29, 1.82) is 0 Å². The zero-order valence-corrected chi connectivity index (χ0v) is 11.8. The Labute approximate surface area is 114 Å². The van der Waals surface area contributed by atoms with Gasteiger partial charge in [-0.3, -0.25) is 9.89 Å². The fraction of sp³-hybridized carbons (Fsp3) is 0.231. The number of H-pyrrole nitrogens is 1. The predicted octanol–water partition coefficient (Wildman–Crippen LogP) is 2.97. The maximum atomic E-state index is 11.9. The first-order chi connectivity index (χ1) is 8.56. The van der Waals surface area contributed by atoms with E-state index in [1.165, 1.54) is 0 Å². The molecule has 0 atom stereocenters. The van der Waals surface area contributed by atoms with Gasteiger partial charge < -0.3 is 5.32 Å². The number of rotatable bonds is 3. The van der Waals surface area contributed by atoms with Crippen LogP contribution in [0.5, 0.6) is 0 Å². The molecule has 0 aliphatic carbocycles. The van der Waals surface area contributed by atoms with Crippen molar-refractivity contribution in [2.24, 2.45) is 0 Å². The molecule has 0 fully saturated rings. The van der Waals surface area contributed by atoms with Crippen molar-refractivity contribution < 1.29 is 4.79 Å². The monoisotopic (exact) mass is 307 g/mol. The van der Waals surface area contributed by atoms with Gasteiger partial charge in [-0.05, 0) is 32.0 Å². The number of carbonyl (C=O) groups excluding carboxylic acids is 1. The van der Waals surface area contributed by atoms with E-state index in [1.807, 2.05) is 38.1 Å². The number of hydrogen-bond donors (Lipinski definition) is 2. The van der Waals surface area contributed by atoms with Gasteiger partial charge in [0, 0.05) is 21.4 Å². The van der Waals surface area contributed by atoms with Crippen molar-refractivity contribution in [1.82, 2.24) is 10.2 Å². The average Bonchev–Trinajstić information content (AvgIpc) is 2.61. The molecule has 0 bridgehead atoms. The summed E-state index contributed by atoms with van der Waals surface area (Å²) in [6.07, 6.45) is 0.334. The van der Waals surface area contributed by atoms with Crippen molar-refractivity contribution >= 4 is 27.5 Å². The van der Waals surface area contributed by atoms with Crippen LogP contribution < -0.4 is 5.32 Å². The van der Waals surface area contributed by atoms with E-state index >= 15 is 0 Å². The highest BCUT2D eigenvalue weighted by molar-refractivity contribution is 9.10. The van der Waals surface area contributed by atoms with Crippen LogP contribution in [0.2, 0.25) is 0 Å². The van der Waals surface area contributed by atoms with E-state index in [1.54, 1.807) is 0 Å². The number of aryl methyl sites for hydroxylation is 2. The van der Waals surface area contributed by atoms with Crippen LogP contribution in [-0.4, -0.2) is 16.1 Å². The van der Waals surface area contributed by atoms with Crippen LogP contribution in [-0.2, 0) is 11.2 Å². The molecule has 0 radical (unpaired) electrons. The van der Waals surface area contributed by atoms with Crippen LogP contribution in [0.15, 0.2) is 28.7 Å².